The number of aromatic nitrogens is 7. The molecule has 5 aromatic carbocycles. The van der Waals surface area contributed by atoms with Crippen LogP contribution >= 0.6 is 11.6 Å². The molecule has 7 amide bonds. The van der Waals surface area contributed by atoms with E-state index in [1.807, 2.05) is 0 Å². The van der Waals surface area contributed by atoms with Crippen LogP contribution in [0, 0.1) is 11.6 Å². The highest BCUT2D eigenvalue weighted by molar-refractivity contribution is 6.31. The van der Waals surface area contributed by atoms with E-state index in [2.05, 4.69) is 51.7 Å². The molecule has 5 N–H and O–H groups in total. The molecule has 0 aliphatic carbocycles. The minimum atomic E-state index is -1.19. The van der Waals surface area contributed by atoms with Crippen molar-refractivity contribution in [3.63, 3.8) is 0 Å². The second-order valence-corrected chi connectivity index (χ2v) is 21.8. The monoisotopic (exact) mass is 1260 g/mol. The molecule has 3 aliphatic rings. The number of halogens is 3. The third kappa shape index (κ3) is 14.3. The number of benzene rings is 5. The number of nitrogens with zero attached hydrogens (tertiary/aromatic N) is 9. The molecule has 0 spiro atoms. The first-order chi connectivity index (χ1) is 44.1. The fourth-order valence-electron chi connectivity index (χ4n) is 10.8. The maximum absolute atomic E-state index is 15.4. The largest absolute Gasteiger partial charge is 0.493 e. The normalized spacial score (nSPS) is 15.2. The van der Waals surface area contributed by atoms with Gasteiger partial charge in [0, 0.05) is 80.2 Å². The summed E-state index contributed by atoms with van der Waals surface area (Å²) in [5.74, 6) is -4.20. The second-order valence-electron chi connectivity index (χ2n) is 21.4. The van der Waals surface area contributed by atoms with Crippen LogP contribution in [0.4, 0.5) is 26.0 Å². The Balaban J connectivity index is 0.691. The van der Waals surface area contributed by atoms with Crippen LogP contribution in [0.25, 0.3) is 21.7 Å². The van der Waals surface area contributed by atoms with Crippen LogP contribution in [0.15, 0.2) is 108 Å². The van der Waals surface area contributed by atoms with Gasteiger partial charge in [-0.3, -0.25) is 48.6 Å². The summed E-state index contributed by atoms with van der Waals surface area (Å²) in [4.78, 5) is 118. The number of nitrogens with one attached hydrogen (secondary N) is 5. The Morgan fingerprint density at radius 2 is 1.63 bits per heavy atom. The van der Waals surface area contributed by atoms with Crippen molar-refractivity contribution in [2.45, 2.75) is 57.3 Å². The zero-order chi connectivity index (χ0) is 63.7. The van der Waals surface area contributed by atoms with Crippen LogP contribution in [0.1, 0.15) is 73.7 Å². The number of carbonyl (C=O) groups is 7. The lowest BCUT2D eigenvalue weighted by molar-refractivity contribution is -0.139. The summed E-state index contributed by atoms with van der Waals surface area (Å²) in [5, 5.41) is 27.9. The van der Waals surface area contributed by atoms with Gasteiger partial charge in [-0.05, 0) is 73.0 Å². The van der Waals surface area contributed by atoms with Gasteiger partial charge in [-0.15, -0.1) is 5.10 Å². The number of methoxy groups -OCH3 is 1. The van der Waals surface area contributed by atoms with Crippen molar-refractivity contribution in [1.29, 1.82) is 0 Å². The maximum Gasteiger partial charge on any atom is 0.272 e. The van der Waals surface area contributed by atoms with E-state index in [4.69, 9.17) is 30.5 Å². The molecule has 26 nitrogen and oxygen atoms in total. The van der Waals surface area contributed by atoms with Crippen LogP contribution in [-0.4, -0.2) is 170 Å². The molecule has 2 atom stereocenters. The molecule has 6 heterocycles. The summed E-state index contributed by atoms with van der Waals surface area (Å²) < 4.78 is 54.4. The molecule has 91 heavy (non-hydrogen) atoms. The molecule has 470 valence electrons. The highest BCUT2D eigenvalue weighted by atomic mass is 35.5. The molecule has 11 rings (SSSR count). The predicted molar refractivity (Wildman–Crippen MR) is 324 cm³/mol. The van der Waals surface area contributed by atoms with Gasteiger partial charge in [-0.2, -0.15) is 5.10 Å². The molecule has 2 unspecified atom stereocenters. The average Bonchev–Trinajstić information content (AvgIpc) is 1.70. The smallest absolute Gasteiger partial charge is 0.272 e. The number of H-pyrrole nitrogens is 1. The quantitative estimate of drug-likeness (QED) is 0.0367. The lowest BCUT2D eigenvalue weighted by atomic mass is 10.0. The summed E-state index contributed by atoms with van der Waals surface area (Å²) in [5.41, 5.74) is 2.69. The molecule has 3 aliphatic heterocycles. The third-order valence-corrected chi connectivity index (χ3v) is 15.7. The number of hydrogen-bond donors (Lipinski definition) is 5. The third-order valence-electron chi connectivity index (χ3n) is 15.4. The Hall–Kier alpha value is -10.3. The van der Waals surface area contributed by atoms with E-state index in [-0.39, 0.29) is 132 Å². The SMILES string of the molecule is COc1cc2ncnc(Nc3ccc(F)c(Cl)c3)c2cc1OCCCC(=O)NC(COCc1cn(CCOCCNc2cccc3c2C(=O)N(C2CCC(=O)NC2=O)C3=O)nn1)C(=O)N1CCN(C(=O)c2cc(Cc3n[nH]c(=O)c4ccccc34)ccc2F)CC1. The van der Waals surface area contributed by atoms with E-state index in [9.17, 15) is 42.7 Å². The van der Waals surface area contributed by atoms with Crippen molar-refractivity contribution in [2.24, 2.45) is 0 Å². The highest BCUT2D eigenvalue weighted by Crippen LogP contribution is 2.36. The molecule has 29 heteroatoms. The van der Waals surface area contributed by atoms with Crippen LogP contribution in [-0.2, 0) is 48.2 Å². The van der Waals surface area contributed by atoms with Crippen LogP contribution in [0.2, 0.25) is 5.02 Å². The predicted octanol–water partition coefficient (Wildman–Crippen LogP) is 5.11. The standard InChI is InChI=1S/C62H59ClF2N14O12/c1-88-51-30-47-42(56(68-34-67-47)69-36-12-14-45(65)43(63)28-36)29-52(51)91-23-5-10-53(80)70-49(61(86)77-20-18-76(19-21-77)59(84)41-26-35(11-13-44(41)64)27-48-38-6-2-3-7-39(38)57(82)74-73-48)33-90-32-37-31-78(75-72-37)22-25-89-24-17-66-46-9-4-8-40-55(46)62(87)79(60(40)85)50-15-16-54(81)71-58(50)83/h2-4,6-9,11-14,26,28-31,34,49-50,66H,5,10,15-25,27,32-33H2,1H3,(H,70,80)(H,74,82)(H,67,68,69)(H,71,81,83). The topological polar surface area (TPSA) is 316 Å². The van der Waals surface area contributed by atoms with Crippen molar-refractivity contribution in [3.8, 4) is 11.5 Å². The number of amides is 7. The van der Waals surface area contributed by atoms with Gasteiger partial charge in [-0.25, -0.2) is 28.5 Å². The summed E-state index contributed by atoms with van der Waals surface area (Å²) in [6.45, 7) is 0.820. The van der Waals surface area contributed by atoms with Gasteiger partial charge in [-0.1, -0.05) is 47.1 Å². The Morgan fingerprint density at radius 3 is 2.43 bits per heavy atom. The number of anilines is 3. The first-order valence-electron chi connectivity index (χ1n) is 29.0. The number of rotatable bonds is 25. The van der Waals surface area contributed by atoms with E-state index in [0.29, 0.717) is 67.3 Å². The molecule has 0 saturated carbocycles. The van der Waals surface area contributed by atoms with Gasteiger partial charge in [0.2, 0.25) is 23.6 Å². The molecule has 2 saturated heterocycles. The van der Waals surface area contributed by atoms with E-state index < -0.39 is 65.1 Å². The Kier molecular flexibility index (Phi) is 19.2. The van der Waals surface area contributed by atoms with Gasteiger partial charge < -0.3 is 44.7 Å². The van der Waals surface area contributed by atoms with Crippen LogP contribution < -0.4 is 36.3 Å². The number of imide groups is 2. The number of aromatic amines is 1. The van der Waals surface area contributed by atoms with E-state index in [1.54, 1.807) is 60.8 Å². The average molecular weight is 1270 g/mol. The number of carbonyl (C=O) groups excluding carboxylic acids is 7. The molecule has 0 bridgehead atoms. The molecular formula is C62H59ClF2N14O12. The number of piperidine rings is 1. The Morgan fingerprint density at radius 1 is 0.824 bits per heavy atom. The molecular weight excluding hydrogens is 1210 g/mol. The minimum absolute atomic E-state index is 0.00423. The van der Waals surface area contributed by atoms with Gasteiger partial charge in [0.15, 0.2) is 11.5 Å². The fraction of sp³-hybridized carbons (Fsp3) is 0.306. The number of hydrogen-bond acceptors (Lipinski definition) is 19. The van der Waals surface area contributed by atoms with E-state index in [1.165, 1.54) is 64.3 Å². The lowest BCUT2D eigenvalue weighted by Gasteiger charge is -2.36. The highest BCUT2D eigenvalue weighted by Gasteiger charge is 2.45. The summed E-state index contributed by atoms with van der Waals surface area (Å²) in [6, 6.07) is 21.2. The number of piperazine rings is 1. The van der Waals surface area contributed by atoms with E-state index >= 15 is 4.39 Å². The zero-order valence-electron chi connectivity index (χ0n) is 48.8. The first-order valence-corrected chi connectivity index (χ1v) is 29.4. The van der Waals surface area contributed by atoms with Crippen molar-refractivity contribution >= 4 is 91.8 Å². The maximum atomic E-state index is 15.4. The van der Waals surface area contributed by atoms with Gasteiger partial charge in [0.1, 0.15) is 41.6 Å². The second kappa shape index (κ2) is 28.0. The van der Waals surface area contributed by atoms with E-state index in [0.717, 1.165) is 4.90 Å². The molecule has 8 aromatic rings. The molecule has 2 fully saturated rings. The number of ether oxygens (including phenoxy) is 4. The number of fused-ring (bicyclic) bond motifs is 3. The van der Waals surface area contributed by atoms with Crippen molar-refractivity contribution in [1.82, 2.24) is 60.5 Å². The Bertz CT molecular complexity index is 4200. The summed E-state index contributed by atoms with van der Waals surface area (Å²) in [7, 11) is 1.47. The fourth-order valence-corrected chi connectivity index (χ4v) is 11.0. The lowest BCUT2D eigenvalue weighted by Crippen LogP contribution is -2.57. The van der Waals surface area contributed by atoms with Gasteiger partial charge in [0.25, 0.3) is 23.3 Å². The van der Waals surface area contributed by atoms with Crippen molar-refractivity contribution < 1.29 is 61.3 Å². The molecule has 0 radical (unpaired) electrons. The van der Waals surface area contributed by atoms with Crippen LogP contribution in [0.5, 0.6) is 11.5 Å². The minimum Gasteiger partial charge on any atom is -0.493 e. The zero-order valence-corrected chi connectivity index (χ0v) is 49.6. The van der Waals surface area contributed by atoms with Crippen LogP contribution in [0.3, 0.4) is 0 Å². The summed E-state index contributed by atoms with van der Waals surface area (Å²) >= 11 is 6.02. The van der Waals surface area contributed by atoms with Crippen molar-refractivity contribution in [3.05, 3.63) is 164 Å². The molecule has 3 aromatic heterocycles. The Labute approximate surface area is 521 Å². The van der Waals surface area contributed by atoms with Crippen molar-refractivity contribution in [2.75, 3.05) is 76.9 Å². The van der Waals surface area contributed by atoms with Gasteiger partial charge in [0.05, 0.1) is 91.2 Å². The first kappa shape index (κ1) is 62.3. The van der Waals surface area contributed by atoms with Gasteiger partial charge >= 0.3 is 0 Å². The summed E-state index contributed by atoms with van der Waals surface area (Å²) in [6.07, 6.45) is 3.36.